The molecule has 0 aliphatic carbocycles. The second-order valence-corrected chi connectivity index (χ2v) is 6.17. The first-order valence-electron chi connectivity index (χ1n) is 8.43. The molecule has 0 bridgehead atoms. The highest BCUT2D eigenvalue weighted by molar-refractivity contribution is 5.81. The molecule has 1 aromatic carbocycles. The van der Waals surface area contributed by atoms with Gasteiger partial charge in [-0.3, -0.25) is 19.3 Å². The summed E-state index contributed by atoms with van der Waals surface area (Å²) in [5.41, 5.74) is 6.21. The SMILES string of the molecule is COC(=O)C1CCCN1CC(=O)N(CCC(N)=O)Cc1ccccc1. The molecule has 25 heavy (non-hydrogen) atoms. The monoisotopic (exact) mass is 347 g/mol. The minimum atomic E-state index is -0.445. The van der Waals surface area contributed by atoms with Crippen molar-refractivity contribution in [3.05, 3.63) is 35.9 Å². The van der Waals surface area contributed by atoms with Gasteiger partial charge in [0.1, 0.15) is 6.04 Å². The van der Waals surface area contributed by atoms with Crippen LogP contribution >= 0.6 is 0 Å². The number of carbonyl (C=O) groups excluding carboxylic acids is 3. The van der Waals surface area contributed by atoms with Gasteiger partial charge in [-0.1, -0.05) is 30.3 Å². The summed E-state index contributed by atoms with van der Waals surface area (Å²) in [6, 6.07) is 9.20. The van der Waals surface area contributed by atoms with Crippen molar-refractivity contribution in [2.24, 2.45) is 5.73 Å². The Morgan fingerprint density at radius 2 is 2.00 bits per heavy atom. The molecular weight excluding hydrogens is 322 g/mol. The number of methoxy groups -OCH3 is 1. The second-order valence-electron chi connectivity index (χ2n) is 6.17. The molecule has 1 saturated heterocycles. The molecule has 136 valence electrons. The fourth-order valence-electron chi connectivity index (χ4n) is 3.03. The van der Waals surface area contributed by atoms with Gasteiger partial charge in [0.2, 0.25) is 11.8 Å². The Balaban J connectivity index is 2.03. The van der Waals surface area contributed by atoms with Crippen LogP contribution in [0.1, 0.15) is 24.8 Å². The van der Waals surface area contributed by atoms with E-state index in [1.165, 1.54) is 7.11 Å². The molecule has 0 aromatic heterocycles. The van der Waals surface area contributed by atoms with Crippen LogP contribution in [0.15, 0.2) is 30.3 Å². The third kappa shape index (κ3) is 5.56. The fourth-order valence-corrected chi connectivity index (χ4v) is 3.03. The average molecular weight is 347 g/mol. The molecule has 2 N–H and O–H groups in total. The molecule has 0 saturated carbocycles. The van der Waals surface area contributed by atoms with Crippen LogP contribution in [0.4, 0.5) is 0 Å². The molecule has 2 rings (SSSR count). The van der Waals surface area contributed by atoms with E-state index in [0.29, 0.717) is 19.5 Å². The number of ether oxygens (including phenoxy) is 1. The molecule has 1 unspecified atom stereocenters. The first-order chi connectivity index (χ1) is 12.0. The number of likely N-dealkylation sites (tertiary alicyclic amines) is 1. The standard InChI is InChI=1S/C18H25N3O4/c1-25-18(24)15-8-5-10-20(15)13-17(23)21(11-9-16(19)22)12-14-6-3-2-4-7-14/h2-4,6-7,15H,5,8-13H2,1H3,(H2,19,22). The summed E-state index contributed by atoms with van der Waals surface area (Å²) in [4.78, 5) is 39.2. The minimum absolute atomic E-state index is 0.110. The molecule has 1 heterocycles. The van der Waals surface area contributed by atoms with Gasteiger partial charge < -0.3 is 15.4 Å². The van der Waals surface area contributed by atoms with Crippen molar-refractivity contribution in [3.8, 4) is 0 Å². The van der Waals surface area contributed by atoms with E-state index in [4.69, 9.17) is 10.5 Å². The molecule has 0 radical (unpaired) electrons. The summed E-state index contributed by atoms with van der Waals surface area (Å²) < 4.78 is 4.81. The van der Waals surface area contributed by atoms with Gasteiger partial charge >= 0.3 is 5.97 Å². The predicted octanol–water partition coefficient (Wildman–Crippen LogP) is 0.528. The Hall–Kier alpha value is -2.41. The van der Waals surface area contributed by atoms with Crippen molar-refractivity contribution in [2.75, 3.05) is 26.7 Å². The molecule has 1 fully saturated rings. The van der Waals surface area contributed by atoms with Gasteiger partial charge in [0, 0.05) is 19.5 Å². The van der Waals surface area contributed by atoms with E-state index in [1.54, 1.807) is 4.90 Å². The van der Waals surface area contributed by atoms with Crippen LogP contribution in [-0.4, -0.2) is 60.4 Å². The van der Waals surface area contributed by atoms with E-state index in [0.717, 1.165) is 12.0 Å². The van der Waals surface area contributed by atoms with Gasteiger partial charge in [-0.05, 0) is 24.9 Å². The van der Waals surface area contributed by atoms with Crippen LogP contribution < -0.4 is 5.73 Å². The van der Waals surface area contributed by atoms with E-state index in [9.17, 15) is 14.4 Å². The van der Waals surface area contributed by atoms with E-state index in [2.05, 4.69) is 0 Å². The van der Waals surface area contributed by atoms with Crippen molar-refractivity contribution in [2.45, 2.75) is 31.8 Å². The molecule has 0 spiro atoms. The molecule has 1 atom stereocenters. The van der Waals surface area contributed by atoms with Crippen molar-refractivity contribution < 1.29 is 19.1 Å². The van der Waals surface area contributed by atoms with Crippen LogP contribution in [0.3, 0.4) is 0 Å². The number of rotatable bonds is 8. The number of benzene rings is 1. The third-order valence-corrected chi connectivity index (χ3v) is 4.37. The van der Waals surface area contributed by atoms with Crippen LogP contribution in [-0.2, 0) is 25.7 Å². The smallest absolute Gasteiger partial charge is 0.323 e. The first kappa shape index (κ1) is 18.9. The third-order valence-electron chi connectivity index (χ3n) is 4.37. The summed E-state index contributed by atoms with van der Waals surface area (Å²) in [5.74, 6) is -0.877. The van der Waals surface area contributed by atoms with Gasteiger partial charge in [0.15, 0.2) is 0 Å². The second kappa shape index (κ2) is 9.17. The number of nitrogens with zero attached hydrogens (tertiary/aromatic N) is 2. The van der Waals surface area contributed by atoms with Gasteiger partial charge in [-0.2, -0.15) is 0 Å². The molecule has 7 nitrogen and oxygen atoms in total. The zero-order chi connectivity index (χ0) is 18.2. The van der Waals surface area contributed by atoms with Crippen LogP contribution in [0, 0.1) is 0 Å². The number of esters is 1. The number of nitrogens with two attached hydrogens (primary N) is 1. The maximum atomic E-state index is 12.8. The average Bonchev–Trinajstić information content (AvgIpc) is 3.06. The number of carbonyl (C=O) groups is 3. The van der Waals surface area contributed by atoms with Gasteiger partial charge in [-0.15, -0.1) is 0 Å². The number of amides is 2. The summed E-state index contributed by atoms with van der Waals surface area (Å²) in [5, 5.41) is 0. The quantitative estimate of drug-likeness (QED) is 0.693. The Bertz CT molecular complexity index is 606. The first-order valence-corrected chi connectivity index (χ1v) is 8.43. The van der Waals surface area contributed by atoms with E-state index < -0.39 is 5.91 Å². The van der Waals surface area contributed by atoms with E-state index >= 15 is 0 Å². The Morgan fingerprint density at radius 1 is 1.28 bits per heavy atom. The molecule has 2 amide bonds. The van der Waals surface area contributed by atoms with Crippen molar-refractivity contribution >= 4 is 17.8 Å². The van der Waals surface area contributed by atoms with Gasteiger partial charge in [0.25, 0.3) is 0 Å². The maximum absolute atomic E-state index is 12.8. The lowest BCUT2D eigenvalue weighted by molar-refractivity contribution is -0.146. The Morgan fingerprint density at radius 3 is 2.64 bits per heavy atom. The normalized spacial score (nSPS) is 17.2. The van der Waals surface area contributed by atoms with Crippen molar-refractivity contribution in [3.63, 3.8) is 0 Å². The zero-order valence-corrected chi connectivity index (χ0v) is 14.5. The van der Waals surface area contributed by atoms with Crippen molar-refractivity contribution in [1.82, 2.24) is 9.80 Å². The highest BCUT2D eigenvalue weighted by Gasteiger charge is 2.33. The zero-order valence-electron chi connectivity index (χ0n) is 14.5. The summed E-state index contributed by atoms with van der Waals surface area (Å²) in [7, 11) is 1.36. The number of hydrogen-bond acceptors (Lipinski definition) is 5. The lowest BCUT2D eigenvalue weighted by atomic mass is 10.2. The fraction of sp³-hybridized carbons (Fsp3) is 0.500. The Kier molecular flexibility index (Phi) is 6.94. The molecule has 1 aliphatic heterocycles. The highest BCUT2D eigenvalue weighted by Crippen LogP contribution is 2.18. The van der Waals surface area contributed by atoms with E-state index in [1.807, 2.05) is 35.2 Å². The van der Waals surface area contributed by atoms with E-state index in [-0.39, 0.29) is 37.4 Å². The molecular formula is C18H25N3O4. The van der Waals surface area contributed by atoms with Crippen LogP contribution in [0.25, 0.3) is 0 Å². The lowest BCUT2D eigenvalue weighted by Gasteiger charge is -2.27. The largest absolute Gasteiger partial charge is 0.468 e. The minimum Gasteiger partial charge on any atom is -0.468 e. The Labute approximate surface area is 147 Å². The van der Waals surface area contributed by atoms with Crippen LogP contribution in [0.2, 0.25) is 0 Å². The number of hydrogen-bond donors (Lipinski definition) is 1. The molecule has 7 heteroatoms. The predicted molar refractivity (Wildman–Crippen MR) is 92.3 cm³/mol. The number of primary amides is 1. The van der Waals surface area contributed by atoms with Gasteiger partial charge in [0.05, 0.1) is 13.7 Å². The summed E-state index contributed by atoms with van der Waals surface area (Å²) in [6.45, 7) is 1.48. The van der Waals surface area contributed by atoms with Crippen molar-refractivity contribution in [1.29, 1.82) is 0 Å². The summed E-state index contributed by atoms with van der Waals surface area (Å²) in [6.07, 6.45) is 1.66. The molecule has 1 aliphatic rings. The molecule has 1 aromatic rings. The van der Waals surface area contributed by atoms with Gasteiger partial charge in [-0.25, -0.2) is 0 Å². The topological polar surface area (TPSA) is 92.9 Å². The highest BCUT2D eigenvalue weighted by atomic mass is 16.5. The summed E-state index contributed by atoms with van der Waals surface area (Å²) >= 11 is 0. The maximum Gasteiger partial charge on any atom is 0.323 e. The van der Waals surface area contributed by atoms with Crippen LogP contribution in [0.5, 0.6) is 0 Å². The lowest BCUT2D eigenvalue weighted by Crippen LogP contribution is -2.45.